The van der Waals surface area contributed by atoms with Crippen molar-refractivity contribution in [1.82, 2.24) is 0 Å². The Morgan fingerprint density at radius 2 is 1.94 bits per heavy atom. The fourth-order valence-corrected chi connectivity index (χ4v) is 1.90. The van der Waals surface area contributed by atoms with Crippen LogP contribution >= 0.6 is 0 Å². The summed E-state index contributed by atoms with van der Waals surface area (Å²) in [6.07, 6.45) is 6.65. The molecule has 0 bridgehead atoms. The minimum atomic E-state index is 0.147. The predicted octanol–water partition coefficient (Wildman–Crippen LogP) is 2.95. The van der Waals surface area contributed by atoms with Gasteiger partial charge in [0, 0.05) is 18.0 Å². The van der Waals surface area contributed by atoms with Gasteiger partial charge in [0.25, 0.3) is 0 Å². The molecule has 0 aromatic heterocycles. The molecule has 1 aromatic carbocycles. The Hall–Kier alpha value is -1.64. The topological polar surface area (TPSA) is 46.2 Å². The molecule has 0 saturated heterocycles. The molecular weight excluding hydrogens is 226 g/mol. The molecule has 1 fully saturated rings. The Morgan fingerprint density at radius 3 is 2.56 bits per heavy atom. The average molecular weight is 245 g/mol. The Morgan fingerprint density at radius 1 is 1.22 bits per heavy atom. The number of unbranched alkanes of at least 4 members (excludes halogenated alkanes) is 2. The third-order valence-electron chi connectivity index (χ3n) is 3.21. The summed E-state index contributed by atoms with van der Waals surface area (Å²) in [7, 11) is 0. The molecule has 96 valence electrons. The molecule has 3 nitrogen and oxygen atoms in total. The van der Waals surface area contributed by atoms with Crippen LogP contribution in [0.4, 0.5) is 5.69 Å². The molecule has 18 heavy (non-hydrogen) atoms. The van der Waals surface area contributed by atoms with Gasteiger partial charge in [-0.05, 0) is 49.8 Å². The maximum absolute atomic E-state index is 11.6. The second-order valence-electron chi connectivity index (χ2n) is 4.87. The largest absolute Gasteiger partial charge is 0.326 e. The van der Waals surface area contributed by atoms with Gasteiger partial charge in [-0.2, -0.15) is 0 Å². The van der Waals surface area contributed by atoms with Crippen molar-refractivity contribution in [3.8, 4) is 0 Å². The fourth-order valence-electron chi connectivity index (χ4n) is 1.90. The number of nitrogens with one attached hydrogen (secondary N) is 1. The van der Waals surface area contributed by atoms with Crippen LogP contribution in [-0.4, -0.2) is 12.2 Å². The monoisotopic (exact) mass is 245 g/mol. The highest BCUT2D eigenvalue weighted by Gasteiger charge is 2.29. The minimum Gasteiger partial charge on any atom is -0.326 e. The van der Waals surface area contributed by atoms with E-state index in [1.807, 2.05) is 24.3 Å². The van der Waals surface area contributed by atoms with Crippen molar-refractivity contribution in [2.24, 2.45) is 5.92 Å². The van der Waals surface area contributed by atoms with Crippen LogP contribution in [0.5, 0.6) is 0 Å². The summed E-state index contributed by atoms with van der Waals surface area (Å²) in [5, 5.41) is 2.92. The maximum atomic E-state index is 11.6. The highest BCUT2D eigenvalue weighted by molar-refractivity contribution is 5.93. The van der Waals surface area contributed by atoms with Crippen LogP contribution in [0.2, 0.25) is 0 Å². The Kier molecular flexibility index (Phi) is 4.51. The number of carbonyl (C=O) groups excluding carboxylic acids is 2. The lowest BCUT2D eigenvalue weighted by molar-refractivity contribution is -0.117. The number of aryl methyl sites for hydroxylation is 1. The van der Waals surface area contributed by atoms with Crippen molar-refractivity contribution in [2.75, 3.05) is 5.32 Å². The summed E-state index contributed by atoms with van der Waals surface area (Å²) in [5.74, 6) is 0.391. The molecule has 1 amide bonds. The van der Waals surface area contributed by atoms with E-state index in [1.54, 1.807) is 0 Å². The van der Waals surface area contributed by atoms with Crippen LogP contribution in [0.3, 0.4) is 0 Å². The molecule has 1 aliphatic carbocycles. The fraction of sp³-hybridized carbons (Fsp3) is 0.467. The number of anilines is 1. The van der Waals surface area contributed by atoms with Gasteiger partial charge in [0.05, 0.1) is 0 Å². The van der Waals surface area contributed by atoms with Gasteiger partial charge in [0.15, 0.2) is 0 Å². The van der Waals surface area contributed by atoms with Crippen LogP contribution in [-0.2, 0) is 16.0 Å². The number of hydrogen-bond acceptors (Lipinski definition) is 2. The summed E-state index contributed by atoms with van der Waals surface area (Å²) in [4.78, 5) is 21.7. The van der Waals surface area contributed by atoms with Crippen molar-refractivity contribution >= 4 is 17.9 Å². The smallest absolute Gasteiger partial charge is 0.227 e. The summed E-state index contributed by atoms with van der Waals surface area (Å²) >= 11 is 0. The lowest BCUT2D eigenvalue weighted by Gasteiger charge is -2.05. The van der Waals surface area contributed by atoms with E-state index in [-0.39, 0.29) is 11.8 Å². The van der Waals surface area contributed by atoms with Gasteiger partial charge in [-0.3, -0.25) is 4.79 Å². The van der Waals surface area contributed by atoms with Crippen molar-refractivity contribution in [3.05, 3.63) is 29.8 Å². The third kappa shape index (κ3) is 3.99. The van der Waals surface area contributed by atoms with Crippen molar-refractivity contribution in [3.63, 3.8) is 0 Å². The zero-order valence-electron chi connectivity index (χ0n) is 10.5. The van der Waals surface area contributed by atoms with Crippen LogP contribution in [0.15, 0.2) is 24.3 Å². The van der Waals surface area contributed by atoms with E-state index < -0.39 is 0 Å². The Bertz CT molecular complexity index is 407. The van der Waals surface area contributed by atoms with Gasteiger partial charge in [0.1, 0.15) is 6.29 Å². The van der Waals surface area contributed by atoms with E-state index in [2.05, 4.69) is 5.32 Å². The average Bonchev–Trinajstić information content (AvgIpc) is 3.21. The highest BCUT2D eigenvalue weighted by Crippen LogP contribution is 2.30. The molecule has 1 N–H and O–H groups in total. The van der Waals surface area contributed by atoms with Crippen molar-refractivity contribution in [1.29, 1.82) is 0 Å². The van der Waals surface area contributed by atoms with Crippen LogP contribution < -0.4 is 5.32 Å². The third-order valence-corrected chi connectivity index (χ3v) is 3.21. The molecule has 0 unspecified atom stereocenters. The number of amides is 1. The molecule has 1 aromatic rings. The van der Waals surface area contributed by atoms with Crippen molar-refractivity contribution in [2.45, 2.75) is 38.5 Å². The van der Waals surface area contributed by atoms with Crippen LogP contribution in [0.1, 0.15) is 37.7 Å². The van der Waals surface area contributed by atoms with E-state index >= 15 is 0 Å². The molecule has 3 heteroatoms. The molecule has 2 rings (SSSR count). The lowest BCUT2D eigenvalue weighted by atomic mass is 10.1. The van der Waals surface area contributed by atoms with Gasteiger partial charge in [-0.25, -0.2) is 0 Å². The number of benzene rings is 1. The lowest BCUT2D eigenvalue weighted by Crippen LogP contribution is -2.13. The quantitative estimate of drug-likeness (QED) is 0.593. The number of carbonyl (C=O) groups is 2. The Balaban J connectivity index is 1.77. The SMILES string of the molecule is O=CCCCCc1ccc(NC(=O)C2CC2)cc1. The van der Waals surface area contributed by atoms with Gasteiger partial charge in [0.2, 0.25) is 5.91 Å². The molecule has 1 aliphatic rings. The molecule has 0 atom stereocenters. The summed E-state index contributed by atoms with van der Waals surface area (Å²) in [6, 6.07) is 8.00. The van der Waals surface area contributed by atoms with Gasteiger partial charge < -0.3 is 10.1 Å². The highest BCUT2D eigenvalue weighted by atomic mass is 16.2. The van der Waals surface area contributed by atoms with Crippen LogP contribution in [0, 0.1) is 5.92 Å². The first-order chi connectivity index (χ1) is 8.79. The molecule has 0 aliphatic heterocycles. The summed E-state index contributed by atoms with van der Waals surface area (Å²) in [5.41, 5.74) is 2.13. The summed E-state index contributed by atoms with van der Waals surface area (Å²) in [6.45, 7) is 0. The summed E-state index contributed by atoms with van der Waals surface area (Å²) < 4.78 is 0. The predicted molar refractivity (Wildman–Crippen MR) is 71.4 cm³/mol. The van der Waals surface area contributed by atoms with E-state index in [0.717, 1.165) is 44.1 Å². The molecule has 1 saturated carbocycles. The van der Waals surface area contributed by atoms with E-state index in [1.165, 1.54) is 5.56 Å². The zero-order valence-corrected chi connectivity index (χ0v) is 10.5. The standard InChI is InChI=1S/C15H19NO2/c17-11-3-1-2-4-12-5-9-14(10-6-12)16-15(18)13-7-8-13/h5-6,9-11,13H,1-4,7-8H2,(H,16,18). The van der Waals surface area contributed by atoms with Crippen LogP contribution in [0.25, 0.3) is 0 Å². The molecule has 0 heterocycles. The van der Waals surface area contributed by atoms with Gasteiger partial charge in [-0.15, -0.1) is 0 Å². The number of hydrogen-bond donors (Lipinski definition) is 1. The second kappa shape index (κ2) is 6.34. The van der Waals surface area contributed by atoms with Gasteiger partial charge in [-0.1, -0.05) is 12.1 Å². The Labute approximate surface area is 108 Å². The minimum absolute atomic E-state index is 0.147. The molecular formula is C15H19NO2. The number of rotatable bonds is 7. The van der Waals surface area contributed by atoms with E-state index in [0.29, 0.717) is 6.42 Å². The molecule has 0 spiro atoms. The number of aldehydes is 1. The first-order valence-electron chi connectivity index (χ1n) is 6.63. The van der Waals surface area contributed by atoms with E-state index in [4.69, 9.17) is 0 Å². The first kappa shape index (κ1) is 12.8. The zero-order chi connectivity index (χ0) is 12.8. The van der Waals surface area contributed by atoms with E-state index in [9.17, 15) is 9.59 Å². The van der Waals surface area contributed by atoms with Gasteiger partial charge >= 0.3 is 0 Å². The first-order valence-corrected chi connectivity index (χ1v) is 6.63. The normalized spacial score (nSPS) is 14.2. The van der Waals surface area contributed by atoms with Crippen molar-refractivity contribution < 1.29 is 9.59 Å². The second-order valence-corrected chi connectivity index (χ2v) is 4.87. The maximum Gasteiger partial charge on any atom is 0.227 e. The molecule has 0 radical (unpaired) electrons.